The molecule has 0 spiro atoms. The lowest BCUT2D eigenvalue weighted by atomic mass is 10.1. The number of methoxy groups -OCH3 is 1. The largest absolute Gasteiger partial charge is 0.495 e. The minimum Gasteiger partial charge on any atom is -0.495 e. The molecule has 0 saturated heterocycles. The van der Waals surface area contributed by atoms with Crippen LogP contribution in [0.25, 0.3) is 0 Å². The first-order valence-corrected chi connectivity index (χ1v) is 14.8. The van der Waals surface area contributed by atoms with Crippen molar-refractivity contribution in [3.05, 3.63) is 89.5 Å². The molecule has 214 valence electrons. The average Bonchev–Trinajstić information content (AvgIpc) is 2.95. The highest BCUT2D eigenvalue weighted by Crippen LogP contribution is 2.32. The number of hydrogen-bond donors (Lipinski definition) is 1. The van der Waals surface area contributed by atoms with Crippen molar-refractivity contribution in [3.63, 3.8) is 0 Å². The molecule has 2 amide bonds. The Morgan fingerprint density at radius 3 is 2.05 bits per heavy atom. The Morgan fingerprint density at radius 2 is 1.48 bits per heavy atom. The van der Waals surface area contributed by atoms with Crippen molar-refractivity contribution in [2.45, 2.75) is 64.6 Å². The normalized spacial score (nSPS) is 12.8. The van der Waals surface area contributed by atoms with Crippen molar-refractivity contribution in [2.75, 3.05) is 18.0 Å². The molecule has 0 aliphatic rings. The van der Waals surface area contributed by atoms with Gasteiger partial charge in [0.1, 0.15) is 18.3 Å². The van der Waals surface area contributed by atoms with E-state index in [1.807, 2.05) is 52.0 Å². The predicted molar refractivity (Wildman–Crippen MR) is 158 cm³/mol. The number of nitrogens with zero attached hydrogens (tertiary/aromatic N) is 2. The Morgan fingerprint density at radius 1 is 0.900 bits per heavy atom. The summed E-state index contributed by atoms with van der Waals surface area (Å²) in [5, 5.41) is 2.94. The molecule has 0 fully saturated rings. The van der Waals surface area contributed by atoms with Crippen LogP contribution in [0.15, 0.2) is 77.7 Å². The smallest absolute Gasteiger partial charge is 0.264 e. The highest BCUT2D eigenvalue weighted by molar-refractivity contribution is 7.92. The fourth-order valence-electron chi connectivity index (χ4n) is 4.12. The summed E-state index contributed by atoms with van der Waals surface area (Å²) in [4.78, 5) is 28.7. The molecule has 0 saturated carbocycles. The van der Waals surface area contributed by atoms with E-state index >= 15 is 0 Å². The molecule has 0 aromatic heterocycles. The molecule has 2 atom stereocenters. The van der Waals surface area contributed by atoms with E-state index in [2.05, 4.69) is 5.32 Å². The molecule has 0 bridgehead atoms. The zero-order valence-corrected chi connectivity index (χ0v) is 24.9. The molecule has 3 rings (SSSR count). The van der Waals surface area contributed by atoms with E-state index in [9.17, 15) is 18.0 Å². The van der Waals surface area contributed by atoms with E-state index in [-0.39, 0.29) is 29.1 Å². The maximum absolute atomic E-state index is 14.0. The van der Waals surface area contributed by atoms with Crippen LogP contribution in [-0.4, -0.2) is 50.9 Å². The van der Waals surface area contributed by atoms with Gasteiger partial charge in [0, 0.05) is 12.6 Å². The minimum absolute atomic E-state index is 0.0458. The standard InChI is InChI=1S/C31H39N3O5S/c1-7-24(4)32-31(36)25(5)33(20-26-16-12-22(2)13-17-26)30(35)21-34(28-10-8-9-11-29(28)39-6)40(37,38)27-18-14-23(3)15-19-27/h8-19,24-25H,7,20-21H2,1-6H3,(H,32,36)/t24-,25-/m0/s1. The molecular formula is C31H39N3O5S. The molecule has 3 aromatic rings. The van der Waals surface area contributed by atoms with Gasteiger partial charge in [-0.3, -0.25) is 13.9 Å². The third kappa shape index (κ3) is 7.41. The molecule has 9 heteroatoms. The number of anilines is 1. The van der Waals surface area contributed by atoms with Gasteiger partial charge in [-0.05, 0) is 63.9 Å². The van der Waals surface area contributed by atoms with E-state index in [4.69, 9.17) is 4.74 Å². The summed E-state index contributed by atoms with van der Waals surface area (Å²) in [6.07, 6.45) is 0.737. The number of benzene rings is 3. The highest BCUT2D eigenvalue weighted by atomic mass is 32.2. The van der Waals surface area contributed by atoms with Crippen LogP contribution in [0.1, 0.15) is 43.9 Å². The first kappa shape index (κ1) is 30.7. The first-order chi connectivity index (χ1) is 19.0. The second-order valence-corrected chi connectivity index (χ2v) is 11.9. The summed E-state index contributed by atoms with van der Waals surface area (Å²) in [6, 6.07) is 19.9. The van der Waals surface area contributed by atoms with Crippen molar-refractivity contribution in [3.8, 4) is 5.75 Å². The number of carbonyl (C=O) groups excluding carboxylic acids is 2. The minimum atomic E-state index is -4.17. The highest BCUT2D eigenvalue weighted by Gasteiger charge is 2.34. The zero-order chi connectivity index (χ0) is 29.4. The maximum Gasteiger partial charge on any atom is 0.264 e. The monoisotopic (exact) mass is 565 g/mol. The number of nitrogens with one attached hydrogen (secondary N) is 1. The van der Waals surface area contributed by atoms with Crippen molar-refractivity contribution in [1.82, 2.24) is 10.2 Å². The Hall–Kier alpha value is -3.85. The van der Waals surface area contributed by atoms with Crippen LogP contribution in [0.3, 0.4) is 0 Å². The fourth-order valence-corrected chi connectivity index (χ4v) is 5.55. The van der Waals surface area contributed by atoms with E-state index in [1.165, 1.54) is 24.1 Å². The summed E-state index contributed by atoms with van der Waals surface area (Å²) in [7, 11) is -2.73. The SMILES string of the molecule is CC[C@H](C)NC(=O)[C@H](C)N(Cc1ccc(C)cc1)C(=O)CN(c1ccccc1OC)S(=O)(=O)c1ccc(C)cc1. The quantitative estimate of drug-likeness (QED) is 0.339. The number of sulfonamides is 1. The van der Waals surface area contributed by atoms with Crippen LogP contribution in [0, 0.1) is 13.8 Å². The Bertz CT molecular complexity index is 1410. The van der Waals surface area contributed by atoms with Gasteiger partial charge < -0.3 is 15.0 Å². The third-order valence-corrected chi connectivity index (χ3v) is 8.66. The van der Waals surface area contributed by atoms with Gasteiger partial charge >= 0.3 is 0 Å². The fraction of sp³-hybridized carbons (Fsp3) is 0.355. The molecule has 0 heterocycles. The Balaban J connectivity index is 2.06. The molecule has 0 unspecified atom stereocenters. The van der Waals surface area contributed by atoms with E-state index in [0.29, 0.717) is 5.75 Å². The van der Waals surface area contributed by atoms with Crippen LogP contribution >= 0.6 is 0 Å². The van der Waals surface area contributed by atoms with Gasteiger partial charge in [0.05, 0.1) is 17.7 Å². The number of para-hydroxylation sites is 2. The van der Waals surface area contributed by atoms with E-state index in [0.717, 1.165) is 27.4 Å². The zero-order valence-electron chi connectivity index (χ0n) is 24.0. The Labute approximate surface area is 238 Å². The summed E-state index contributed by atoms with van der Waals surface area (Å²) in [6.45, 7) is 8.97. The van der Waals surface area contributed by atoms with Crippen molar-refractivity contribution in [1.29, 1.82) is 0 Å². The number of amides is 2. The van der Waals surface area contributed by atoms with Gasteiger partial charge in [-0.1, -0.05) is 66.6 Å². The second kappa shape index (κ2) is 13.5. The lowest BCUT2D eigenvalue weighted by Crippen LogP contribution is -2.52. The molecule has 0 aliphatic carbocycles. The summed E-state index contributed by atoms with van der Waals surface area (Å²) < 4.78 is 34.5. The van der Waals surface area contributed by atoms with Gasteiger partial charge in [0.2, 0.25) is 11.8 Å². The van der Waals surface area contributed by atoms with Crippen LogP contribution < -0.4 is 14.4 Å². The molecule has 40 heavy (non-hydrogen) atoms. The van der Waals surface area contributed by atoms with Gasteiger partial charge in [-0.15, -0.1) is 0 Å². The number of hydrogen-bond acceptors (Lipinski definition) is 5. The van der Waals surface area contributed by atoms with Crippen LogP contribution in [0.2, 0.25) is 0 Å². The Kier molecular flexibility index (Phi) is 10.3. The van der Waals surface area contributed by atoms with Crippen molar-refractivity contribution >= 4 is 27.5 Å². The molecule has 1 N–H and O–H groups in total. The summed E-state index contributed by atoms with van der Waals surface area (Å²) in [5.41, 5.74) is 3.03. The molecular weight excluding hydrogens is 526 g/mol. The van der Waals surface area contributed by atoms with Crippen molar-refractivity contribution < 1.29 is 22.7 Å². The van der Waals surface area contributed by atoms with Crippen LogP contribution in [0.5, 0.6) is 5.75 Å². The van der Waals surface area contributed by atoms with E-state index in [1.54, 1.807) is 43.3 Å². The van der Waals surface area contributed by atoms with Crippen LogP contribution in [0.4, 0.5) is 5.69 Å². The van der Waals surface area contributed by atoms with Crippen molar-refractivity contribution in [2.24, 2.45) is 0 Å². The van der Waals surface area contributed by atoms with E-state index < -0.39 is 28.5 Å². The average molecular weight is 566 g/mol. The number of rotatable bonds is 12. The first-order valence-electron chi connectivity index (χ1n) is 13.4. The molecule has 0 radical (unpaired) electrons. The van der Waals surface area contributed by atoms with Gasteiger partial charge in [-0.2, -0.15) is 0 Å². The molecule has 3 aromatic carbocycles. The molecule has 0 aliphatic heterocycles. The maximum atomic E-state index is 14.0. The van der Waals surface area contributed by atoms with Gasteiger partial charge in [0.15, 0.2) is 0 Å². The number of ether oxygens (including phenoxy) is 1. The molecule has 8 nitrogen and oxygen atoms in total. The lowest BCUT2D eigenvalue weighted by molar-refractivity contribution is -0.139. The van der Waals surface area contributed by atoms with Gasteiger partial charge in [-0.25, -0.2) is 8.42 Å². The summed E-state index contributed by atoms with van der Waals surface area (Å²) >= 11 is 0. The summed E-state index contributed by atoms with van der Waals surface area (Å²) in [5.74, 6) is -0.521. The number of aryl methyl sites for hydroxylation is 2. The third-order valence-electron chi connectivity index (χ3n) is 6.88. The lowest BCUT2D eigenvalue weighted by Gasteiger charge is -2.32. The second-order valence-electron chi connectivity index (χ2n) is 10.00. The van der Waals surface area contributed by atoms with Crippen LogP contribution in [-0.2, 0) is 26.2 Å². The number of carbonyl (C=O) groups is 2. The predicted octanol–water partition coefficient (Wildman–Crippen LogP) is 4.84. The van der Waals surface area contributed by atoms with Gasteiger partial charge in [0.25, 0.3) is 10.0 Å². The topological polar surface area (TPSA) is 96.0 Å².